The maximum Gasteiger partial charge on any atom is 0.410 e. The number of nitrogens with zero attached hydrogens (tertiary/aromatic N) is 2. The molecular formula is C16H24N2O3S. The first kappa shape index (κ1) is 16.9. The number of hydrogen-bond acceptors (Lipinski definition) is 5. The summed E-state index contributed by atoms with van der Waals surface area (Å²) < 4.78 is 5.52. The molecule has 0 N–H and O–H groups in total. The number of thiazole rings is 1. The molecule has 5 nitrogen and oxygen atoms in total. The first-order valence-electron chi connectivity index (χ1n) is 7.71. The summed E-state index contributed by atoms with van der Waals surface area (Å²) >= 11 is 1.34. The fourth-order valence-corrected chi connectivity index (χ4v) is 3.37. The van der Waals surface area contributed by atoms with Crippen molar-refractivity contribution in [3.8, 4) is 0 Å². The molecule has 1 aromatic rings. The maximum absolute atomic E-state index is 12.5. The lowest BCUT2D eigenvalue weighted by Crippen LogP contribution is -2.51. The third kappa shape index (κ3) is 4.29. The van der Waals surface area contributed by atoms with Crippen LogP contribution in [0.15, 0.2) is 11.7 Å². The molecule has 2 unspecified atom stereocenters. The van der Waals surface area contributed by atoms with E-state index in [1.54, 1.807) is 16.6 Å². The average molecular weight is 324 g/mol. The highest BCUT2D eigenvalue weighted by atomic mass is 32.1. The van der Waals surface area contributed by atoms with Gasteiger partial charge in [0.2, 0.25) is 0 Å². The second kappa shape index (κ2) is 6.77. The predicted octanol–water partition coefficient (Wildman–Crippen LogP) is 3.89. The van der Waals surface area contributed by atoms with Crippen molar-refractivity contribution in [2.75, 3.05) is 0 Å². The molecule has 1 saturated heterocycles. The van der Waals surface area contributed by atoms with E-state index >= 15 is 0 Å². The Morgan fingerprint density at radius 2 is 2.14 bits per heavy atom. The van der Waals surface area contributed by atoms with Crippen LogP contribution in [-0.4, -0.2) is 39.4 Å². The predicted molar refractivity (Wildman–Crippen MR) is 86.2 cm³/mol. The summed E-state index contributed by atoms with van der Waals surface area (Å²) in [6.45, 7) is 7.60. The zero-order valence-electron chi connectivity index (χ0n) is 13.7. The van der Waals surface area contributed by atoms with Gasteiger partial charge in [-0.05, 0) is 47.0 Å². The Kier molecular flexibility index (Phi) is 5.21. The van der Waals surface area contributed by atoms with E-state index in [0.29, 0.717) is 11.3 Å². The van der Waals surface area contributed by atoms with Crippen molar-refractivity contribution in [3.63, 3.8) is 0 Å². The second-order valence-corrected chi connectivity index (χ2v) is 7.70. The van der Waals surface area contributed by atoms with Crippen LogP contribution in [0.2, 0.25) is 0 Å². The van der Waals surface area contributed by atoms with Crippen LogP contribution in [0.1, 0.15) is 63.0 Å². The minimum Gasteiger partial charge on any atom is -0.444 e. The van der Waals surface area contributed by atoms with Crippen molar-refractivity contribution < 1.29 is 14.3 Å². The van der Waals surface area contributed by atoms with E-state index in [1.807, 2.05) is 27.7 Å². The monoisotopic (exact) mass is 324 g/mol. The van der Waals surface area contributed by atoms with E-state index in [2.05, 4.69) is 4.98 Å². The number of Topliss-reactive ketones (excluding diaryl/α,β-unsaturated/α-hetero) is 1. The van der Waals surface area contributed by atoms with Gasteiger partial charge >= 0.3 is 6.09 Å². The summed E-state index contributed by atoms with van der Waals surface area (Å²) in [5.74, 6) is 0.0511. The number of ketones is 1. The Morgan fingerprint density at radius 1 is 1.41 bits per heavy atom. The molecule has 0 aliphatic carbocycles. The normalized spacial score (nSPS) is 22.5. The summed E-state index contributed by atoms with van der Waals surface area (Å²) in [6.07, 6.45) is 4.43. The van der Waals surface area contributed by atoms with Gasteiger partial charge in [0.15, 0.2) is 5.78 Å². The largest absolute Gasteiger partial charge is 0.444 e. The molecule has 0 saturated carbocycles. The zero-order chi connectivity index (χ0) is 16.3. The molecule has 0 radical (unpaired) electrons. The zero-order valence-corrected chi connectivity index (χ0v) is 14.5. The number of piperidine rings is 1. The number of rotatable bonds is 3. The molecule has 0 aromatic carbocycles. The summed E-state index contributed by atoms with van der Waals surface area (Å²) in [5, 5.41) is 0. The van der Waals surface area contributed by atoms with Gasteiger partial charge in [0.1, 0.15) is 5.60 Å². The Hall–Kier alpha value is -1.43. The molecule has 0 bridgehead atoms. The van der Waals surface area contributed by atoms with Gasteiger partial charge < -0.3 is 9.64 Å². The first-order valence-corrected chi connectivity index (χ1v) is 8.59. The molecule has 1 aliphatic rings. The summed E-state index contributed by atoms with van der Waals surface area (Å²) in [6, 6.07) is 0.0102. The van der Waals surface area contributed by atoms with Gasteiger partial charge in [-0.15, -0.1) is 11.3 Å². The van der Waals surface area contributed by atoms with Crippen molar-refractivity contribution in [2.45, 2.75) is 71.1 Å². The summed E-state index contributed by atoms with van der Waals surface area (Å²) in [5.41, 5.74) is 1.13. The second-order valence-electron chi connectivity index (χ2n) is 6.81. The van der Waals surface area contributed by atoms with Crippen molar-refractivity contribution in [1.82, 2.24) is 9.88 Å². The van der Waals surface area contributed by atoms with E-state index in [1.165, 1.54) is 11.3 Å². The lowest BCUT2D eigenvalue weighted by atomic mass is 9.93. The van der Waals surface area contributed by atoms with Gasteiger partial charge in [0.05, 0.1) is 10.4 Å². The first-order chi connectivity index (χ1) is 10.3. The van der Waals surface area contributed by atoms with E-state index in [4.69, 9.17) is 4.74 Å². The Balaban J connectivity index is 2.09. The Labute approximate surface area is 135 Å². The number of ether oxygens (including phenoxy) is 1. The van der Waals surface area contributed by atoms with Crippen LogP contribution in [0.25, 0.3) is 0 Å². The van der Waals surface area contributed by atoms with Gasteiger partial charge in [0, 0.05) is 24.7 Å². The SMILES string of the molecule is CC1CCCC(CC(=O)c2cncs2)N1C(=O)OC(C)(C)C. The van der Waals surface area contributed by atoms with Gasteiger partial charge in [-0.3, -0.25) is 9.78 Å². The smallest absolute Gasteiger partial charge is 0.410 e. The third-order valence-corrected chi connectivity index (χ3v) is 4.57. The van der Waals surface area contributed by atoms with E-state index in [-0.39, 0.29) is 24.0 Å². The average Bonchev–Trinajstić information content (AvgIpc) is 2.90. The number of hydrogen-bond donors (Lipinski definition) is 0. The standard InChI is InChI=1S/C16H24N2O3S/c1-11-6-5-7-12(8-13(19)14-9-17-10-22-14)18(11)15(20)21-16(2,3)4/h9-12H,5-8H2,1-4H3. The lowest BCUT2D eigenvalue weighted by Gasteiger charge is -2.40. The summed E-state index contributed by atoms with van der Waals surface area (Å²) in [7, 11) is 0. The maximum atomic E-state index is 12.5. The number of carbonyl (C=O) groups is 2. The minimum absolute atomic E-state index is 0.0511. The molecule has 1 aromatic heterocycles. The van der Waals surface area contributed by atoms with Gasteiger partial charge in [-0.1, -0.05) is 0 Å². The quantitative estimate of drug-likeness (QED) is 0.791. The Morgan fingerprint density at radius 3 is 2.73 bits per heavy atom. The van der Waals surface area contributed by atoms with Crippen LogP contribution in [-0.2, 0) is 4.74 Å². The molecule has 2 atom stereocenters. The number of aromatic nitrogens is 1. The van der Waals surface area contributed by atoms with Gasteiger partial charge in [-0.2, -0.15) is 0 Å². The van der Waals surface area contributed by atoms with Crippen LogP contribution in [0, 0.1) is 0 Å². The highest BCUT2D eigenvalue weighted by molar-refractivity contribution is 7.11. The number of carbonyl (C=O) groups excluding carboxylic acids is 2. The molecule has 1 aliphatic heterocycles. The minimum atomic E-state index is -0.527. The highest BCUT2D eigenvalue weighted by Gasteiger charge is 2.36. The highest BCUT2D eigenvalue weighted by Crippen LogP contribution is 2.28. The van der Waals surface area contributed by atoms with Crippen LogP contribution < -0.4 is 0 Å². The molecule has 2 heterocycles. The van der Waals surface area contributed by atoms with Crippen molar-refractivity contribution in [3.05, 3.63) is 16.6 Å². The van der Waals surface area contributed by atoms with Crippen LogP contribution in [0.3, 0.4) is 0 Å². The van der Waals surface area contributed by atoms with Crippen LogP contribution >= 0.6 is 11.3 Å². The van der Waals surface area contributed by atoms with Crippen LogP contribution in [0.5, 0.6) is 0 Å². The van der Waals surface area contributed by atoms with E-state index < -0.39 is 5.60 Å². The molecule has 0 spiro atoms. The van der Waals surface area contributed by atoms with Crippen molar-refractivity contribution in [1.29, 1.82) is 0 Å². The Bertz CT molecular complexity index is 522. The molecule has 2 rings (SSSR count). The molecule has 22 heavy (non-hydrogen) atoms. The number of amides is 1. The number of likely N-dealkylation sites (tertiary alicyclic amines) is 1. The fraction of sp³-hybridized carbons (Fsp3) is 0.688. The van der Waals surface area contributed by atoms with Crippen molar-refractivity contribution >= 4 is 23.2 Å². The fourth-order valence-electron chi connectivity index (χ4n) is 2.80. The van der Waals surface area contributed by atoms with E-state index in [9.17, 15) is 9.59 Å². The summed E-state index contributed by atoms with van der Waals surface area (Å²) in [4.78, 5) is 31.2. The molecule has 1 amide bonds. The van der Waals surface area contributed by atoms with Gasteiger partial charge in [0.25, 0.3) is 0 Å². The van der Waals surface area contributed by atoms with Gasteiger partial charge in [-0.25, -0.2) is 4.79 Å². The molecule has 1 fully saturated rings. The van der Waals surface area contributed by atoms with Crippen molar-refractivity contribution in [2.24, 2.45) is 0 Å². The molecular weight excluding hydrogens is 300 g/mol. The lowest BCUT2D eigenvalue weighted by molar-refractivity contribution is -0.00303. The topological polar surface area (TPSA) is 59.5 Å². The molecule has 6 heteroatoms. The van der Waals surface area contributed by atoms with Crippen LogP contribution in [0.4, 0.5) is 4.79 Å². The molecule has 122 valence electrons. The van der Waals surface area contributed by atoms with E-state index in [0.717, 1.165) is 19.3 Å². The third-order valence-electron chi connectivity index (χ3n) is 3.76.